The second kappa shape index (κ2) is 4.71. The standard InChI is InChI=1S/C10H14F3N3O3/c1-9(2,3)19-6(17)5-16-8(18)15(4)7(14-16)10(11,12)13/h5H2,1-4H3. The van der Waals surface area contributed by atoms with E-state index in [-0.39, 0.29) is 0 Å². The molecule has 1 aromatic rings. The predicted octanol–water partition coefficient (Wildman–Crippen LogP) is 0.942. The lowest BCUT2D eigenvalue weighted by atomic mass is 10.2. The maximum absolute atomic E-state index is 12.5. The number of carbonyl (C=O) groups is 1. The summed E-state index contributed by atoms with van der Waals surface area (Å²) in [6, 6.07) is 0. The van der Waals surface area contributed by atoms with E-state index >= 15 is 0 Å². The molecule has 0 saturated carbocycles. The van der Waals surface area contributed by atoms with Gasteiger partial charge in [-0.3, -0.25) is 9.36 Å². The van der Waals surface area contributed by atoms with Crippen LogP contribution in [-0.2, 0) is 29.3 Å². The maximum Gasteiger partial charge on any atom is 0.451 e. The third-order valence-electron chi connectivity index (χ3n) is 1.99. The highest BCUT2D eigenvalue weighted by Crippen LogP contribution is 2.25. The van der Waals surface area contributed by atoms with Crippen LogP contribution in [0.1, 0.15) is 26.6 Å². The molecule has 0 saturated heterocycles. The number of alkyl halides is 3. The number of rotatable bonds is 2. The average molecular weight is 281 g/mol. The van der Waals surface area contributed by atoms with Gasteiger partial charge >= 0.3 is 17.8 Å². The van der Waals surface area contributed by atoms with Gasteiger partial charge in [0.1, 0.15) is 12.1 Å². The van der Waals surface area contributed by atoms with Crippen LogP contribution >= 0.6 is 0 Å². The fraction of sp³-hybridized carbons (Fsp3) is 0.700. The van der Waals surface area contributed by atoms with Crippen molar-refractivity contribution in [1.29, 1.82) is 0 Å². The Morgan fingerprint density at radius 3 is 2.21 bits per heavy atom. The summed E-state index contributed by atoms with van der Waals surface area (Å²) in [5.41, 5.74) is -1.82. The average Bonchev–Trinajstić information content (AvgIpc) is 2.42. The number of ether oxygens (including phenoxy) is 1. The first-order chi connectivity index (χ1) is 8.42. The monoisotopic (exact) mass is 281 g/mol. The van der Waals surface area contributed by atoms with Gasteiger partial charge in [-0.2, -0.15) is 13.2 Å². The van der Waals surface area contributed by atoms with Crippen molar-refractivity contribution in [2.75, 3.05) is 0 Å². The normalized spacial score (nSPS) is 12.6. The van der Waals surface area contributed by atoms with Crippen LogP contribution in [-0.4, -0.2) is 25.9 Å². The van der Waals surface area contributed by atoms with Crippen LogP contribution in [0, 0.1) is 0 Å². The van der Waals surface area contributed by atoms with E-state index in [9.17, 15) is 22.8 Å². The lowest BCUT2D eigenvalue weighted by Gasteiger charge is -2.19. The number of hydrogen-bond acceptors (Lipinski definition) is 4. The predicted molar refractivity (Wildman–Crippen MR) is 58.3 cm³/mol. The van der Waals surface area contributed by atoms with Gasteiger partial charge in [0.25, 0.3) is 0 Å². The molecular weight excluding hydrogens is 267 g/mol. The summed E-state index contributed by atoms with van der Waals surface area (Å²) in [5.74, 6) is -2.19. The fourth-order valence-corrected chi connectivity index (χ4v) is 1.33. The molecule has 0 unspecified atom stereocenters. The summed E-state index contributed by atoms with van der Waals surface area (Å²) in [4.78, 5) is 22.9. The molecule has 0 aliphatic carbocycles. The minimum Gasteiger partial charge on any atom is -0.459 e. The van der Waals surface area contributed by atoms with E-state index in [2.05, 4.69) is 5.10 Å². The summed E-state index contributed by atoms with van der Waals surface area (Å²) >= 11 is 0. The first kappa shape index (κ1) is 15.3. The van der Waals surface area contributed by atoms with Crippen LogP contribution in [0.25, 0.3) is 0 Å². The molecule has 0 aliphatic rings. The van der Waals surface area contributed by atoms with Gasteiger partial charge in [-0.15, -0.1) is 5.10 Å². The van der Waals surface area contributed by atoms with Gasteiger partial charge in [0.05, 0.1) is 0 Å². The van der Waals surface area contributed by atoms with Gasteiger partial charge in [-0.1, -0.05) is 0 Å². The molecule has 9 heteroatoms. The Bertz CT molecular complexity index is 537. The van der Waals surface area contributed by atoms with Crippen molar-refractivity contribution in [2.45, 2.75) is 39.1 Å². The van der Waals surface area contributed by atoms with Crippen LogP contribution in [0.15, 0.2) is 4.79 Å². The quantitative estimate of drug-likeness (QED) is 0.757. The molecule has 0 aliphatic heterocycles. The van der Waals surface area contributed by atoms with Gasteiger partial charge in [0, 0.05) is 7.05 Å². The molecule has 1 heterocycles. The zero-order chi connectivity index (χ0) is 15.0. The lowest BCUT2D eigenvalue weighted by Crippen LogP contribution is -2.31. The van der Waals surface area contributed by atoms with Crippen molar-refractivity contribution in [2.24, 2.45) is 7.05 Å². The molecule has 0 fully saturated rings. The van der Waals surface area contributed by atoms with Crippen molar-refractivity contribution in [3.8, 4) is 0 Å². The molecule has 0 atom stereocenters. The number of carbonyl (C=O) groups excluding carboxylic acids is 1. The highest BCUT2D eigenvalue weighted by molar-refractivity contribution is 5.69. The first-order valence-electron chi connectivity index (χ1n) is 5.34. The molecule has 0 aromatic carbocycles. The molecule has 0 N–H and O–H groups in total. The molecule has 0 amide bonds. The lowest BCUT2D eigenvalue weighted by molar-refractivity contribution is -0.156. The first-order valence-corrected chi connectivity index (χ1v) is 5.34. The van der Waals surface area contributed by atoms with Crippen molar-refractivity contribution >= 4 is 5.97 Å². The second-order valence-electron chi connectivity index (χ2n) is 4.91. The van der Waals surface area contributed by atoms with E-state index in [0.717, 1.165) is 7.05 Å². The van der Waals surface area contributed by atoms with E-state index in [1.807, 2.05) is 0 Å². The number of nitrogens with zero attached hydrogens (tertiary/aromatic N) is 3. The zero-order valence-electron chi connectivity index (χ0n) is 10.9. The number of esters is 1. The van der Waals surface area contributed by atoms with Crippen LogP contribution in [0.5, 0.6) is 0 Å². The minimum atomic E-state index is -4.76. The SMILES string of the molecule is Cn1c(C(F)(F)F)nn(CC(=O)OC(C)(C)C)c1=O. The highest BCUT2D eigenvalue weighted by atomic mass is 19.4. The molecule has 1 aromatic heterocycles. The van der Waals surface area contributed by atoms with Gasteiger partial charge in [-0.25, -0.2) is 9.48 Å². The van der Waals surface area contributed by atoms with Crippen LogP contribution in [0.3, 0.4) is 0 Å². The smallest absolute Gasteiger partial charge is 0.451 e. The molecule has 0 spiro atoms. The molecule has 0 radical (unpaired) electrons. The van der Waals surface area contributed by atoms with Gasteiger partial charge in [0.2, 0.25) is 5.82 Å². The Morgan fingerprint density at radius 1 is 1.32 bits per heavy atom. The molecule has 108 valence electrons. The van der Waals surface area contributed by atoms with Crippen LogP contribution < -0.4 is 5.69 Å². The molecular formula is C10H14F3N3O3. The van der Waals surface area contributed by atoms with Crippen molar-refractivity contribution in [1.82, 2.24) is 14.3 Å². The number of aromatic nitrogens is 3. The summed E-state index contributed by atoms with van der Waals surface area (Å²) in [6.45, 7) is 4.15. The number of halogens is 3. The van der Waals surface area contributed by atoms with E-state index < -0.39 is 35.8 Å². The van der Waals surface area contributed by atoms with E-state index in [0.29, 0.717) is 9.25 Å². The summed E-state index contributed by atoms with van der Waals surface area (Å²) in [5, 5.41) is 3.09. The molecule has 1 rings (SSSR count). The summed E-state index contributed by atoms with van der Waals surface area (Å²) in [6.07, 6.45) is -4.76. The van der Waals surface area contributed by atoms with Gasteiger partial charge in [-0.05, 0) is 20.8 Å². The van der Waals surface area contributed by atoms with Gasteiger partial charge in [0.15, 0.2) is 0 Å². The van der Waals surface area contributed by atoms with E-state index in [4.69, 9.17) is 4.74 Å². The Kier molecular flexibility index (Phi) is 3.78. The van der Waals surface area contributed by atoms with Crippen molar-refractivity contribution in [3.05, 3.63) is 16.3 Å². The topological polar surface area (TPSA) is 66.1 Å². The van der Waals surface area contributed by atoms with E-state index in [1.165, 1.54) is 0 Å². The zero-order valence-corrected chi connectivity index (χ0v) is 10.9. The maximum atomic E-state index is 12.5. The highest BCUT2D eigenvalue weighted by Gasteiger charge is 2.38. The summed E-state index contributed by atoms with van der Waals surface area (Å²) < 4.78 is 43.2. The Hall–Kier alpha value is -1.80. The third kappa shape index (κ3) is 3.83. The largest absolute Gasteiger partial charge is 0.459 e. The molecule has 19 heavy (non-hydrogen) atoms. The fourth-order valence-electron chi connectivity index (χ4n) is 1.33. The second-order valence-corrected chi connectivity index (χ2v) is 4.91. The number of hydrogen-bond donors (Lipinski definition) is 0. The Morgan fingerprint density at radius 2 is 1.84 bits per heavy atom. The minimum absolute atomic E-state index is 0.338. The van der Waals surface area contributed by atoms with Crippen LogP contribution in [0.4, 0.5) is 13.2 Å². The van der Waals surface area contributed by atoms with Crippen molar-refractivity contribution < 1.29 is 22.7 Å². The summed E-state index contributed by atoms with van der Waals surface area (Å²) in [7, 11) is 0.934. The van der Waals surface area contributed by atoms with Crippen molar-refractivity contribution in [3.63, 3.8) is 0 Å². The third-order valence-corrected chi connectivity index (χ3v) is 1.99. The van der Waals surface area contributed by atoms with Gasteiger partial charge < -0.3 is 4.74 Å². The molecule has 0 bridgehead atoms. The Labute approximate surface area is 106 Å². The van der Waals surface area contributed by atoms with Crippen LogP contribution in [0.2, 0.25) is 0 Å². The van der Waals surface area contributed by atoms with E-state index in [1.54, 1.807) is 20.8 Å². The molecule has 6 nitrogen and oxygen atoms in total. The Balaban J connectivity index is 2.99.